The summed E-state index contributed by atoms with van der Waals surface area (Å²) in [4.78, 5) is 4.15. The van der Waals surface area contributed by atoms with E-state index in [4.69, 9.17) is 17.0 Å². The van der Waals surface area contributed by atoms with Crippen molar-refractivity contribution in [2.24, 2.45) is 0 Å². The summed E-state index contributed by atoms with van der Waals surface area (Å²) in [5.41, 5.74) is 3.31. The number of ether oxygens (including phenoxy) is 1. The molecule has 4 nitrogen and oxygen atoms in total. The molecule has 116 valence electrons. The highest BCUT2D eigenvalue weighted by Crippen LogP contribution is 2.18. The molecule has 5 heteroatoms. The average Bonchev–Trinajstić information content (AvgIpc) is 2.54. The maximum absolute atomic E-state index is 5.38. The van der Waals surface area contributed by atoms with E-state index in [2.05, 4.69) is 53.7 Å². The van der Waals surface area contributed by atoms with Gasteiger partial charge in [0.2, 0.25) is 5.88 Å². The Morgan fingerprint density at radius 2 is 1.95 bits per heavy atom. The van der Waals surface area contributed by atoms with Crippen molar-refractivity contribution in [2.75, 3.05) is 12.4 Å². The lowest BCUT2D eigenvalue weighted by Gasteiger charge is -2.20. The van der Waals surface area contributed by atoms with Crippen LogP contribution in [0.5, 0.6) is 5.88 Å². The molecule has 1 heterocycles. The second-order valence-electron chi connectivity index (χ2n) is 5.06. The van der Waals surface area contributed by atoms with Gasteiger partial charge in [-0.1, -0.05) is 36.8 Å². The second kappa shape index (κ2) is 7.75. The Bertz CT molecular complexity index is 611. The molecule has 1 aromatic heterocycles. The van der Waals surface area contributed by atoms with Crippen molar-refractivity contribution >= 4 is 23.0 Å². The summed E-state index contributed by atoms with van der Waals surface area (Å²) < 4.78 is 5.04. The molecule has 1 aromatic carbocycles. The molecular formula is C17H21N3OS. The molecule has 0 saturated carbocycles. The topological polar surface area (TPSA) is 46.2 Å². The predicted molar refractivity (Wildman–Crippen MR) is 94.4 cm³/mol. The van der Waals surface area contributed by atoms with Gasteiger partial charge in [0.25, 0.3) is 0 Å². The first-order valence-electron chi connectivity index (χ1n) is 7.26. The first-order chi connectivity index (χ1) is 10.6. The Balaban J connectivity index is 1.98. The van der Waals surface area contributed by atoms with Crippen LogP contribution in [0.15, 0.2) is 42.6 Å². The fourth-order valence-electron chi connectivity index (χ4n) is 2.12. The third-order valence-electron chi connectivity index (χ3n) is 3.40. The number of methoxy groups -OCH3 is 1. The number of rotatable bonds is 5. The van der Waals surface area contributed by atoms with Crippen LogP contribution in [0.4, 0.5) is 5.69 Å². The van der Waals surface area contributed by atoms with Crippen LogP contribution < -0.4 is 15.4 Å². The zero-order chi connectivity index (χ0) is 15.9. The van der Waals surface area contributed by atoms with Crippen molar-refractivity contribution in [3.63, 3.8) is 0 Å². The van der Waals surface area contributed by atoms with Gasteiger partial charge in [0, 0.05) is 6.07 Å². The molecule has 0 amide bonds. The summed E-state index contributed by atoms with van der Waals surface area (Å²) in [5.74, 6) is 0.579. The highest BCUT2D eigenvalue weighted by molar-refractivity contribution is 7.80. The van der Waals surface area contributed by atoms with Crippen LogP contribution in [-0.4, -0.2) is 17.2 Å². The van der Waals surface area contributed by atoms with E-state index < -0.39 is 0 Å². The summed E-state index contributed by atoms with van der Waals surface area (Å²) in [6.45, 7) is 4.22. The van der Waals surface area contributed by atoms with Crippen molar-refractivity contribution in [3.05, 3.63) is 53.7 Å². The average molecular weight is 315 g/mol. The van der Waals surface area contributed by atoms with Crippen LogP contribution in [0.3, 0.4) is 0 Å². The van der Waals surface area contributed by atoms with E-state index in [1.807, 2.05) is 6.07 Å². The van der Waals surface area contributed by atoms with Crippen LogP contribution in [0.1, 0.15) is 30.5 Å². The smallest absolute Gasteiger partial charge is 0.213 e. The van der Waals surface area contributed by atoms with Gasteiger partial charge < -0.3 is 15.4 Å². The highest BCUT2D eigenvalue weighted by atomic mass is 32.1. The molecule has 0 aliphatic heterocycles. The molecule has 0 radical (unpaired) electrons. The van der Waals surface area contributed by atoms with Crippen LogP contribution in [0, 0.1) is 6.92 Å². The summed E-state index contributed by atoms with van der Waals surface area (Å²) in [6, 6.07) is 12.4. The Labute approximate surface area is 136 Å². The Morgan fingerprint density at radius 3 is 2.50 bits per heavy atom. The molecule has 0 fully saturated rings. The molecule has 2 aromatic rings. The molecule has 22 heavy (non-hydrogen) atoms. The number of nitrogens with one attached hydrogen (secondary N) is 2. The van der Waals surface area contributed by atoms with E-state index in [1.54, 1.807) is 19.4 Å². The zero-order valence-corrected chi connectivity index (χ0v) is 13.9. The first-order valence-corrected chi connectivity index (χ1v) is 7.67. The number of aromatic nitrogens is 1. The second-order valence-corrected chi connectivity index (χ2v) is 5.47. The normalized spacial score (nSPS) is 11.6. The summed E-state index contributed by atoms with van der Waals surface area (Å²) >= 11 is 5.38. The maximum Gasteiger partial charge on any atom is 0.213 e. The van der Waals surface area contributed by atoms with E-state index in [0.29, 0.717) is 11.0 Å². The van der Waals surface area contributed by atoms with Gasteiger partial charge in [-0.05, 0) is 37.2 Å². The van der Waals surface area contributed by atoms with E-state index in [1.165, 1.54) is 11.1 Å². The monoisotopic (exact) mass is 315 g/mol. The fraction of sp³-hybridized carbons (Fsp3) is 0.294. The number of hydrogen-bond donors (Lipinski definition) is 2. The molecule has 0 aliphatic carbocycles. The number of benzene rings is 1. The van der Waals surface area contributed by atoms with Gasteiger partial charge in [0.1, 0.15) is 0 Å². The van der Waals surface area contributed by atoms with Gasteiger partial charge in [-0.3, -0.25) is 0 Å². The quantitative estimate of drug-likeness (QED) is 0.821. The van der Waals surface area contributed by atoms with Crippen LogP contribution in [0.2, 0.25) is 0 Å². The van der Waals surface area contributed by atoms with Crippen molar-refractivity contribution < 1.29 is 4.74 Å². The lowest BCUT2D eigenvalue weighted by atomic mass is 10.0. The SMILES string of the molecule is CC[C@@H](NC(=S)Nc1ccc(OC)nc1)c1ccc(C)cc1. The van der Waals surface area contributed by atoms with Crippen LogP contribution in [0.25, 0.3) is 0 Å². The molecule has 2 N–H and O–H groups in total. The number of pyridine rings is 1. The molecular weight excluding hydrogens is 294 g/mol. The standard InChI is InChI=1S/C17H21N3OS/c1-4-15(13-7-5-12(2)6-8-13)20-17(22)19-14-9-10-16(21-3)18-11-14/h5-11,15H,4H2,1-3H3,(H2,19,20,22)/t15-/m1/s1. The summed E-state index contributed by atoms with van der Waals surface area (Å²) in [5, 5.41) is 7.07. The van der Waals surface area contributed by atoms with Gasteiger partial charge in [0.15, 0.2) is 5.11 Å². The Morgan fingerprint density at radius 1 is 1.23 bits per heavy atom. The summed E-state index contributed by atoms with van der Waals surface area (Å²) in [6.07, 6.45) is 2.64. The number of anilines is 1. The number of hydrogen-bond acceptors (Lipinski definition) is 3. The minimum Gasteiger partial charge on any atom is -0.481 e. The molecule has 0 spiro atoms. The van der Waals surface area contributed by atoms with E-state index >= 15 is 0 Å². The third kappa shape index (κ3) is 4.43. The van der Waals surface area contributed by atoms with Gasteiger partial charge in [0.05, 0.1) is 25.0 Å². The fourth-order valence-corrected chi connectivity index (χ4v) is 2.38. The van der Waals surface area contributed by atoms with Gasteiger partial charge in [-0.25, -0.2) is 4.98 Å². The summed E-state index contributed by atoms with van der Waals surface area (Å²) in [7, 11) is 1.59. The lowest BCUT2D eigenvalue weighted by Crippen LogP contribution is -2.32. The van der Waals surface area contributed by atoms with Crippen molar-refractivity contribution in [3.8, 4) is 5.88 Å². The van der Waals surface area contributed by atoms with E-state index in [0.717, 1.165) is 12.1 Å². The molecule has 2 rings (SSSR count). The van der Waals surface area contributed by atoms with Gasteiger partial charge in [-0.15, -0.1) is 0 Å². The van der Waals surface area contributed by atoms with Crippen molar-refractivity contribution in [1.29, 1.82) is 0 Å². The molecule has 0 unspecified atom stereocenters. The zero-order valence-electron chi connectivity index (χ0n) is 13.1. The Hall–Kier alpha value is -2.14. The minimum absolute atomic E-state index is 0.187. The lowest BCUT2D eigenvalue weighted by molar-refractivity contribution is 0.398. The highest BCUT2D eigenvalue weighted by Gasteiger charge is 2.10. The van der Waals surface area contributed by atoms with Crippen molar-refractivity contribution in [1.82, 2.24) is 10.3 Å². The maximum atomic E-state index is 5.38. The predicted octanol–water partition coefficient (Wildman–Crippen LogP) is 3.84. The largest absolute Gasteiger partial charge is 0.481 e. The van der Waals surface area contributed by atoms with Crippen molar-refractivity contribution in [2.45, 2.75) is 26.3 Å². The van der Waals surface area contributed by atoms with Gasteiger partial charge in [-0.2, -0.15) is 0 Å². The molecule has 1 atom stereocenters. The molecule has 0 aliphatic rings. The van der Waals surface area contributed by atoms with Crippen LogP contribution in [-0.2, 0) is 0 Å². The Kier molecular flexibility index (Phi) is 5.72. The van der Waals surface area contributed by atoms with Crippen LogP contribution >= 0.6 is 12.2 Å². The third-order valence-corrected chi connectivity index (χ3v) is 3.62. The minimum atomic E-state index is 0.187. The molecule has 0 bridgehead atoms. The molecule has 0 saturated heterocycles. The van der Waals surface area contributed by atoms with E-state index in [9.17, 15) is 0 Å². The van der Waals surface area contributed by atoms with E-state index in [-0.39, 0.29) is 6.04 Å². The number of nitrogens with zero attached hydrogens (tertiary/aromatic N) is 1. The number of aryl methyl sites for hydroxylation is 1. The number of thiocarbonyl (C=S) groups is 1. The first kappa shape index (κ1) is 16.2. The van der Waals surface area contributed by atoms with Gasteiger partial charge >= 0.3 is 0 Å².